The topological polar surface area (TPSA) is 61.4 Å². The van der Waals surface area contributed by atoms with Gasteiger partial charge in [0.05, 0.1) is 11.3 Å². The fourth-order valence-corrected chi connectivity index (χ4v) is 4.65. The molecule has 2 saturated heterocycles. The molecule has 5 nitrogen and oxygen atoms in total. The average molecular weight is 356 g/mol. The highest BCUT2D eigenvalue weighted by Gasteiger charge is 2.31. The van der Waals surface area contributed by atoms with Gasteiger partial charge in [-0.05, 0) is 49.8 Å². The second kappa shape index (κ2) is 9.66. The lowest BCUT2D eigenvalue weighted by atomic mass is 9.96. The summed E-state index contributed by atoms with van der Waals surface area (Å²) in [6.45, 7) is 9.64. The van der Waals surface area contributed by atoms with E-state index < -0.39 is 0 Å². The van der Waals surface area contributed by atoms with Crippen molar-refractivity contribution in [3.8, 4) is 0 Å². The molecule has 24 heavy (non-hydrogen) atoms. The van der Waals surface area contributed by atoms with Crippen molar-refractivity contribution in [3.63, 3.8) is 0 Å². The molecule has 0 saturated carbocycles. The first-order valence-electron chi connectivity index (χ1n) is 9.44. The van der Waals surface area contributed by atoms with E-state index in [1.165, 1.54) is 0 Å². The third kappa shape index (κ3) is 5.38. The van der Waals surface area contributed by atoms with Gasteiger partial charge in [-0.25, -0.2) is 0 Å². The molecule has 0 spiro atoms. The molecule has 3 atom stereocenters. The summed E-state index contributed by atoms with van der Waals surface area (Å²) in [5.41, 5.74) is 0. The van der Waals surface area contributed by atoms with Crippen molar-refractivity contribution in [2.24, 2.45) is 11.8 Å². The summed E-state index contributed by atoms with van der Waals surface area (Å²) >= 11 is 1.75. The van der Waals surface area contributed by atoms with Crippen LogP contribution in [0.25, 0.3) is 0 Å². The molecule has 2 heterocycles. The summed E-state index contributed by atoms with van der Waals surface area (Å²) in [7, 11) is 0. The molecule has 0 bridgehead atoms. The van der Waals surface area contributed by atoms with E-state index in [0.29, 0.717) is 18.4 Å². The van der Waals surface area contributed by atoms with Crippen LogP contribution in [-0.2, 0) is 9.59 Å². The lowest BCUT2D eigenvalue weighted by Gasteiger charge is -2.36. The van der Waals surface area contributed by atoms with Crippen molar-refractivity contribution >= 4 is 23.6 Å². The van der Waals surface area contributed by atoms with E-state index in [9.17, 15) is 9.59 Å². The molecule has 0 aromatic carbocycles. The lowest BCUT2D eigenvalue weighted by Crippen LogP contribution is -2.49. The maximum absolute atomic E-state index is 12.8. The van der Waals surface area contributed by atoms with E-state index in [-0.39, 0.29) is 23.1 Å². The van der Waals surface area contributed by atoms with Gasteiger partial charge < -0.3 is 15.5 Å². The Balaban J connectivity index is 1.82. The minimum atomic E-state index is -0.0161. The monoisotopic (exact) mass is 355 g/mol. The summed E-state index contributed by atoms with van der Waals surface area (Å²) in [4.78, 5) is 27.0. The van der Waals surface area contributed by atoms with E-state index in [1.807, 2.05) is 4.90 Å². The summed E-state index contributed by atoms with van der Waals surface area (Å²) in [5.74, 6) is 2.11. The second-order valence-electron chi connectivity index (χ2n) is 7.31. The summed E-state index contributed by atoms with van der Waals surface area (Å²) in [6.07, 6.45) is 4.14. The number of amides is 2. The molecule has 0 aliphatic carbocycles. The highest BCUT2D eigenvalue weighted by molar-refractivity contribution is 8.00. The van der Waals surface area contributed by atoms with Gasteiger partial charge in [-0.3, -0.25) is 9.59 Å². The number of rotatable bonds is 7. The normalized spacial score (nSPS) is 25.8. The Hall–Kier alpha value is -0.750. The first kappa shape index (κ1) is 19.6. The van der Waals surface area contributed by atoms with E-state index >= 15 is 0 Å². The van der Waals surface area contributed by atoms with Crippen LogP contribution >= 0.6 is 11.8 Å². The van der Waals surface area contributed by atoms with Crippen molar-refractivity contribution in [2.75, 3.05) is 31.9 Å². The van der Waals surface area contributed by atoms with Gasteiger partial charge in [0.2, 0.25) is 11.8 Å². The summed E-state index contributed by atoms with van der Waals surface area (Å²) in [6, 6.07) is -0.0161. The quantitative estimate of drug-likeness (QED) is 0.732. The van der Waals surface area contributed by atoms with Crippen molar-refractivity contribution < 1.29 is 9.59 Å². The number of likely N-dealkylation sites (tertiary alicyclic amines) is 1. The molecule has 2 fully saturated rings. The Bertz CT molecular complexity index is 424. The molecular weight excluding hydrogens is 322 g/mol. The van der Waals surface area contributed by atoms with Crippen LogP contribution in [0.3, 0.4) is 0 Å². The van der Waals surface area contributed by atoms with Crippen LogP contribution in [0.1, 0.15) is 46.5 Å². The molecule has 0 aromatic rings. The Kier molecular flexibility index (Phi) is 7.88. The fraction of sp³-hybridized carbons (Fsp3) is 0.889. The van der Waals surface area contributed by atoms with Gasteiger partial charge in [-0.1, -0.05) is 20.8 Å². The first-order chi connectivity index (χ1) is 11.5. The van der Waals surface area contributed by atoms with Crippen molar-refractivity contribution in [2.45, 2.75) is 57.7 Å². The van der Waals surface area contributed by atoms with E-state index in [4.69, 9.17) is 0 Å². The molecule has 2 amide bonds. The number of hydrogen-bond donors (Lipinski definition) is 2. The molecule has 0 radical (unpaired) electrons. The standard InChI is InChI=1S/C18H33N3O2S/c1-4-24-16(13(2)3)18(23)21-10-6-7-14(12-21)11-20-17(22)15-8-5-9-19-15/h13-16,19H,4-12H2,1-3H3,(H,20,22). The molecule has 2 aliphatic rings. The number of thioether (sulfide) groups is 1. The average Bonchev–Trinajstić information content (AvgIpc) is 3.11. The molecule has 2 aliphatic heterocycles. The van der Waals surface area contributed by atoms with Gasteiger partial charge in [0.1, 0.15) is 0 Å². The van der Waals surface area contributed by atoms with Crippen LogP contribution in [-0.4, -0.2) is 59.9 Å². The largest absolute Gasteiger partial charge is 0.354 e. The molecular formula is C18H33N3O2S. The zero-order valence-electron chi connectivity index (χ0n) is 15.3. The fourth-order valence-electron chi connectivity index (χ4n) is 3.62. The minimum absolute atomic E-state index is 0.0161. The second-order valence-corrected chi connectivity index (χ2v) is 8.73. The maximum atomic E-state index is 12.8. The number of carbonyl (C=O) groups excluding carboxylic acids is 2. The van der Waals surface area contributed by atoms with Crippen LogP contribution in [0.15, 0.2) is 0 Å². The van der Waals surface area contributed by atoms with Crippen LogP contribution in [0.2, 0.25) is 0 Å². The highest BCUT2D eigenvalue weighted by atomic mass is 32.2. The van der Waals surface area contributed by atoms with Gasteiger partial charge in [-0.15, -0.1) is 11.8 Å². The molecule has 2 rings (SSSR count). The van der Waals surface area contributed by atoms with E-state index in [2.05, 4.69) is 31.4 Å². The number of nitrogens with one attached hydrogen (secondary N) is 2. The highest BCUT2D eigenvalue weighted by Crippen LogP contribution is 2.25. The SMILES string of the molecule is CCSC(C(=O)N1CCCC(CNC(=O)C2CCCN2)C1)C(C)C. The number of nitrogens with zero attached hydrogens (tertiary/aromatic N) is 1. The first-order valence-corrected chi connectivity index (χ1v) is 10.5. The third-order valence-corrected chi connectivity index (χ3v) is 6.41. The van der Waals surface area contributed by atoms with Crippen molar-refractivity contribution in [1.82, 2.24) is 15.5 Å². The van der Waals surface area contributed by atoms with Crippen LogP contribution < -0.4 is 10.6 Å². The van der Waals surface area contributed by atoms with Crippen molar-refractivity contribution in [3.05, 3.63) is 0 Å². The van der Waals surface area contributed by atoms with Crippen LogP contribution in [0.4, 0.5) is 0 Å². The Morgan fingerprint density at radius 3 is 2.71 bits per heavy atom. The van der Waals surface area contributed by atoms with Crippen molar-refractivity contribution in [1.29, 1.82) is 0 Å². The molecule has 0 aromatic heterocycles. The van der Waals surface area contributed by atoms with Crippen LogP contribution in [0, 0.1) is 11.8 Å². The van der Waals surface area contributed by atoms with E-state index in [1.54, 1.807) is 11.8 Å². The third-order valence-electron chi connectivity index (χ3n) is 4.97. The lowest BCUT2D eigenvalue weighted by molar-refractivity contribution is -0.133. The Morgan fingerprint density at radius 1 is 1.29 bits per heavy atom. The number of hydrogen-bond acceptors (Lipinski definition) is 4. The van der Waals surface area contributed by atoms with E-state index in [0.717, 1.165) is 51.1 Å². The molecule has 2 N–H and O–H groups in total. The Labute approximate surface area is 150 Å². The van der Waals surface area contributed by atoms with Crippen LogP contribution in [0.5, 0.6) is 0 Å². The zero-order valence-corrected chi connectivity index (χ0v) is 16.2. The van der Waals surface area contributed by atoms with Gasteiger partial charge in [0.25, 0.3) is 0 Å². The summed E-state index contributed by atoms with van der Waals surface area (Å²) < 4.78 is 0. The molecule has 138 valence electrons. The predicted octanol–water partition coefficient (Wildman–Crippen LogP) is 1.87. The minimum Gasteiger partial charge on any atom is -0.354 e. The Morgan fingerprint density at radius 2 is 2.08 bits per heavy atom. The van der Waals surface area contributed by atoms with Gasteiger partial charge >= 0.3 is 0 Å². The summed E-state index contributed by atoms with van der Waals surface area (Å²) in [5, 5.41) is 6.38. The number of carbonyl (C=O) groups is 2. The predicted molar refractivity (Wildman–Crippen MR) is 100 cm³/mol. The zero-order chi connectivity index (χ0) is 17.5. The smallest absolute Gasteiger partial charge is 0.237 e. The number of piperidine rings is 1. The van der Waals surface area contributed by atoms with Gasteiger partial charge in [-0.2, -0.15) is 0 Å². The molecule has 3 unspecified atom stereocenters. The maximum Gasteiger partial charge on any atom is 0.237 e. The molecule has 6 heteroatoms. The van der Waals surface area contributed by atoms with Gasteiger partial charge in [0.15, 0.2) is 0 Å². The van der Waals surface area contributed by atoms with Gasteiger partial charge in [0, 0.05) is 19.6 Å².